The molecule has 2 aromatic heterocycles. The van der Waals surface area contributed by atoms with Gasteiger partial charge >= 0.3 is 0 Å². The lowest BCUT2D eigenvalue weighted by atomic mass is 9.93. The molecule has 2 aliphatic heterocycles. The van der Waals surface area contributed by atoms with Gasteiger partial charge in [-0.1, -0.05) is 23.4 Å². The highest BCUT2D eigenvalue weighted by atomic mass is 16.5. The number of amides is 1. The molecule has 7 nitrogen and oxygen atoms in total. The van der Waals surface area contributed by atoms with Crippen molar-refractivity contribution >= 4 is 16.8 Å². The smallest absolute Gasteiger partial charge is 0.226 e. The van der Waals surface area contributed by atoms with Crippen LogP contribution in [0, 0.1) is 5.92 Å². The van der Waals surface area contributed by atoms with Crippen LogP contribution in [0.5, 0.6) is 0 Å². The Morgan fingerprint density at radius 1 is 1.12 bits per heavy atom. The lowest BCUT2D eigenvalue weighted by molar-refractivity contribution is -0.132. The molecule has 3 aromatic rings. The second-order valence-electron chi connectivity index (χ2n) is 9.17. The molecule has 0 spiro atoms. The quantitative estimate of drug-likeness (QED) is 0.599. The van der Waals surface area contributed by atoms with Gasteiger partial charge in [0.15, 0.2) is 5.82 Å². The average molecular weight is 437 g/mol. The van der Waals surface area contributed by atoms with Crippen LogP contribution in [-0.2, 0) is 22.4 Å². The molecule has 32 heavy (non-hydrogen) atoms. The van der Waals surface area contributed by atoms with Gasteiger partial charge in [-0.05, 0) is 56.1 Å². The van der Waals surface area contributed by atoms with Crippen molar-refractivity contribution in [3.8, 4) is 0 Å². The zero-order valence-corrected chi connectivity index (χ0v) is 18.6. The number of rotatable bonds is 7. The fourth-order valence-corrected chi connectivity index (χ4v) is 5.03. The summed E-state index contributed by atoms with van der Waals surface area (Å²) < 4.78 is 10.9. The second-order valence-corrected chi connectivity index (χ2v) is 9.17. The third kappa shape index (κ3) is 4.88. The van der Waals surface area contributed by atoms with E-state index in [0.29, 0.717) is 18.3 Å². The van der Waals surface area contributed by atoms with Gasteiger partial charge in [0.2, 0.25) is 11.8 Å². The summed E-state index contributed by atoms with van der Waals surface area (Å²) in [6.07, 6.45) is 9.27. The Morgan fingerprint density at radius 2 is 1.94 bits per heavy atom. The second kappa shape index (κ2) is 9.86. The van der Waals surface area contributed by atoms with Crippen molar-refractivity contribution < 1.29 is 14.1 Å². The van der Waals surface area contributed by atoms with Gasteiger partial charge in [-0.3, -0.25) is 4.79 Å². The first-order valence-corrected chi connectivity index (χ1v) is 12.0. The number of hydrogen-bond donors (Lipinski definition) is 1. The van der Waals surface area contributed by atoms with Crippen LogP contribution >= 0.6 is 0 Å². The molecule has 2 aliphatic rings. The first-order valence-electron chi connectivity index (χ1n) is 12.0. The number of aromatic nitrogens is 3. The van der Waals surface area contributed by atoms with Gasteiger partial charge in [-0.2, -0.15) is 4.98 Å². The number of hydrogen-bond acceptors (Lipinski definition) is 5. The van der Waals surface area contributed by atoms with E-state index in [2.05, 4.69) is 39.5 Å². The van der Waals surface area contributed by atoms with Crippen LogP contribution in [0.4, 0.5) is 0 Å². The summed E-state index contributed by atoms with van der Waals surface area (Å²) in [5.74, 6) is 2.74. The minimum absolute atomic E-state index is 0.280. The van der Waals surface area contributed by atoms with Gasteiger partial charge in [0.1, 0.15) is 0 Å². The summed E-state index contributed by atoms with van der Waals surface area (Å²) in [5.41, 5.74) is 2.46. The standard InChI is InChI=1S/C25H32N4O3/c30-24(7-3-4-20-17-26-22-6-2-1-5-21(20)22)29-12-8-18(9-13-29)16-23-27-25(28-32-23)19-10-14-31-15-11-19/h1-2,5-6,17-19,26H,3-4,7-16H2. The Morgan fingerprint density at radius 3 is 2.78 bits per heavy atom. The van der Waals surface area contributed by atoms with Crippen LogP contribution < -0.4 is 0 Å². The van der Waals surface area contributed by atoms with Crippen molar-refractivity contribution in [2.45, 2.75) is 57.3 Å². The van der Waals surface area contributed by atoms with Gasteiger partial charge < -0.3 is 19.1 Å². The minimum Gasteiger partial charge on any atom is -0.381 e. The molecule has 0 bridgehead atoms. The van der Waals surface area contributed by atoms with E-state index in [1.807, 2.05) is 11.0 Å². The average Bonchev–Trinajstić information content (AvgIpc) is 3.47. The van der Waals surface area contributed by atoms with Crippen LogP contribution in [-0.4, -0.2) is 52.2 Å². The summed E-state index contributed by atoms with van der Waals surface area (Å²) in [7, 11) is 0. The number of ether oxygens (including phenoxy) is 1. The molecule has 2 fully saturated rings. The maximum atomic E-state index is 12.7. The number of likely N-dealkylation sites (tertiary alicyclic amines) is 1. The summed E-state index contributed by atoms with van der Waals surface area (Å²) in [6, 6.07) is 8.34. The molecule has 0 radical (unpaired) electrons. The Hall–Kier alpha value is -2.67. The predicted octanol–water partition coefficient (Wildman–Crippen LogP) is 4.25. The Labute approximate surface area is 188 Å². The van der Waals surface area contributed by atoms with E-state index in [4.69, 9.17) is 9.26 Å². The predicted molar refractivity (Wildman–Crippen MR) is 121 cm³/mol. The number of aromatic amines is 1. The molecular formula is C25H32N4O3. The number of fused-ring (bicyclic) bond motifs is 1. The number of H-pyrrole nitrogens is 1. The first-order chi connectivity index (χ1) is 15.8. The Balaban J connectivity index is 1.05. The van der Waals surface area contributed by atoms with Crippen LogP contribution in [0.2, 0.25) is 0 Å². The van der Waals surface area contributed by atoms with Crippen molar-refractivity contribution in [1.82, 2.24) is 20.0 Å². The van der Waals surface area contributed by atoms with E-state index in [9.17, 15) is 4.79 Å². The van der Waals surface area contributed by atoms with Crippen LogP contribution in [0.1, 0.15) is 61.7 Å². The van der Waals surface area contributed by atoms with Crippen LogP contribution in [0.3, 0.4) is 0 Å². The lowest BCUT2D eigenvalue weighted by Gasteiger charge is -2.31. The molecule has 0 atom stereocenters. The lowest BCUT2D eigenvalue weighted by Crippen LogP contribution is -2.38. The van der Waals surface area contributed by atoms with Gasteiger partial charge in [-0.25, -0.2) is 0 Å². The van der Waals surface area contributed by atoms with Gasteiger partial charge in [-0.15, -0.1) is 0 Å². The molecule has 1 amide bonds. The molecule has 2 saturated heterocycles. The number of nitrogens with zero attached hydrogens (tertiary/aromatic N) is 3. The van der Waals surface area contributed by atoms with Gasteiger partial charge in [0, 0.05) is 62.2 Å². The first kappa shape index (κ1) is 21.2. The number of aryl methyl sites for hydroxylation is 1. The summed E-state index contributed by atoms with van der Waals surface area (Å²) in [5, 5.41) is 5.48. The fourth-order valence-electron chi connectivity index (χ4n) is 5.03. The van der Waals surface area contributed by atoms with Crippen LogP contribution in [0.15, 0.2) is 35.0 Å². The molecule has 0 saturated carbocycles. The SMILES string of the molecule is O=C(CCCc1c[nH]c2ccccc12)N1CCC(Cc2nc(C3CCOCC3)no2)CC1. The van der Waals surface area contributed by atoms with E-state index >= 15 is 0 Å². The number of carbonyl (C=O) groups excluding carboxylic acids is 1. The van der Waals surface area contributed by atoms with E-state index in [-0.39, 0.29) is 5.91 Å². The summed E-state index contributed by atoms with van der Waals surface area (Å²) in [4.78, 5) is 22.7. The van der Waals surface area contributed by atoms with Crippen LogP contribution in [0.25, 0.3) is 10.9 Å². The monoisotopic (exact) mass is 436 g/mol. The van der Waals surface area contributed by atoms with Crippen molar-refractivity contribution in [3.63, 3.8) is 0 Å². The normalized spacial score (nSPS) is 18.4. The molecule has 1 aromatic carbocycles. The van der Waals surface area contributed by atoms with E-state index in [1.54, 1.807) is 0 Å². The Bertz CT molecular complexity index is 1030. The molecule has 4 heterocycles. The number of para-hydroxylation sites is 1. The minimum atomic E-state index is 0.280. The van der Waals surface area contributed by atoms with Crippen molar-refractivity contribution in [2.24, 2.45) is 5.92 Å². The number of nitrogens with one attached hydrogen (secondary N) is 1. The topological polar surface area (TPSA) is 84.2 Å². The third-order valence-corrected chi connectivity index (χ3v) is 7.01. The van der Waals surface area contributed by atoms with E-state index in [0.717, 1.165) is 88.5 Å². The van der Waals surface area contributed by atoms with Crippen molar-refractivity contribution in [1.29, 1.82) is 0 Å². The van der Waals surface area contributed by atoms with Crippen molar-refractivity contribution in [3.05, 3.63) is 47.7 Å². The molecule has 7 heteroatoms. The molecule has 170 valence electrons. The fraction of sp³-hybridized carbons (Fsp3) is 0.560. The third-order valence-electron chi connectivity index (χ3n) is 7.01. The highest BCUT2D eigenvalue weighted by Crippen LogP contribution is 2.27. The van der Waals surface area contributed by atoms with Gasteiger partial charge in [0.25, 0.3) is 0 Å². The molecule has 0 aliphatic carbocycles. The Kier molecular flexibility index (Phi) is 6.53. The largest absolute Gasteiger partial charge is 0.381 e. The number of benzene rings is 1. The van der Waals surface area contributed by atoms with Gasteiger partial charge in [0.05, 0.1) is 0 Å². The molecule has 5 rings (SSSR count). The highest BCUT2D eigenvalue weighted by molar-refractivity contribution is 5.83. The number of carbonyl (C=O) groups is 1. The van der Waals surface area contributed by atoms with E-state index in [1.165, 1.54) is 10.9 Å². The molecule has 0 unspecified atom stereocenters. The molecule has 1 N–H and O–H groups in total. The maximum Gasteiger partial charge on any atom is 0.226 e. The molecular weight excluding hydrogens is 404 g/mol. The zero-order valence-electron chi connectivity index (χ0n) is 18.6. The zero-order chi connectivity index (χ0) is 21.8. The summed E-state index contributed by atoms with van der Waals surface area (Å²) >= 11 is 0. The maximum absolute atomic E-state index is 12.7. The highest BCUT2D eigenvalue weighted by Gasteiger charge is 2.26. The summed E-state index contributed by atoms with van der Waals surface area (Å²) in [6.45, 7) is 3.22. The number of piperidine rings is 1. The van der Waals surface area contributed by atoms with Crippen molar-refractivity contribution in [2.75, 3.05) is 26.3 Å². The van der Waals surface area contributed by atoms with E-state index < -0.39 is 0 Å².